The fourth-order valence-corrected chi connectivity index (χ4v) is 3.59. The van der Waals surface area contributed by atoms with Crippen LogP contribution in [0.5, 0.6) is 5.75 Å². The Morgan fingerprint density at radius 1 is 1.03 bits per heavy atom. The fraction of sp³-hybridized carbons (Fsp3) is 0.318. The molecule has 2 N–H and O–H groups in total. The van der Waals surface area contributed by atoms with Gasteiger partial charge in [0.25, 0.3) is 5.91 Å². The topological polar surface area (TPSA) is 84.5 Å². The minimum absolute atomic E-state index is 0.123. The van der Waals surface area contributed by atoms with Crippen molar-refractivity contribution in [3.8, 4) is 5.75 Å². The highest BCUT2D eigenvalue weighted by molar-refractivity contribution is 7.89. The minimum Gasteiger partial charge on any atom is -0.494 e. The van der Waals surface area contributed by atoms with Crippen LogP contribution in [0.1, 0.15) is 43.0 Å². The van der Waals surface area contributed by atoms with E-state index >= 15 is 0 Å². The van der Waals surface area contributed by atoms with Crippen molar-refractivity contribution in [3.63, 3.8) is 0 Å². The zero-order valence-electron chi connectivity index (χ0n) is 16.7. The van der Waals surface area contributed by atoms with Gasteiger partial charge in [-0.15, -0.1) is 6.58 Å². The highest BCUT2D eigenvalue weighted by atomic mass is 32.2. The zero-order chi connectivity index (χ0) is 21.1. The molecule has 156 valence electrons. The molecule has 2 aromatic carbocycles. The van der Waals surface area contributed by atoms with Crippen molar-refractivity contribution in [2.45, 2.75) is 37.5 Å². The first kappa shape index (κ1) is 22.6. The molecule has 6 nitrogen and oxygen atoms in total. The standard InChI is InChI=1S/C22H28N2O4S/c1-3-5-6-7-17-28-20-12-8-18(9-13-20)22(25)24-19-10-14-21(15-11-19)29(26,27)23-16-4-2/h4,8-15,23H,2-3,5-7,16-17H2,1H3,(H,24,25). The zero-order valence-corrected chi connectivity index (χ0v) is 17.5. The summed E-state index contributed by atoms with van der Waals surface area (Å²) in [5.74, 6) is 0.458. The number of nitrogens with one attached hydrogen (secondary N) is 2. The van der Waals surface area contributed by atoms with E-state index in [1.54, 1.807) is 36.4 Å². The predicted molar refractivity (Wildman–Crippen MR) is 116 cm³/mol. The van der Waals surface area contributed by atoms with Gasteiger partial charge in [-0.3, -0.25) is 4.79 Å². The van der Waals surface area contributed by atoms with Crippen LogP contribution >= 0.6 is 0 Å². The lowest BCUT2D eigenvalue weighted by molar-refractivity contribution is 0.102. The second-order valence-electron chi connectivity index (χ2n) is 6.55. The molecule has 0 atom stereocenters. The van der Waals surface area contributed by atoms with Crippen molar-refractivity contribution in [2.24, 2.45) is 0 Å². The molecular weight excluding hydrogens is 388 g/mol. The summed E-state index contributed by atoms with van der Waals surface area (Å²) in [7, 11) is -3.59. The lowest BCUT2D eigenvalue weighted by Gasteiger charge is -2.09. The van der Waals surface area contributed by atoms with E-state index in [0.29, 0.717) is 17.9 Å². The van der Waals surface area contributed by atoms with Crippen molar-refractivity contribution in [2.75, 3.05) is 18.5 Å². The third-order valence-electron chi connectivity index (χ3n) is 4.22. The molecule has 0 heterocycles. The molecule has 29 heavy (non-hydrogen) atoms. The predicted octanol–water partition coefficient (Wildman–Crippen LogP) is 4.36. The number of carbonyl (C=O) groups excluding carboxylic acids is 1. The van der Waals surface area contributed by atoms with E-state index in [1.165, 1.54) is 31.1 Å². The molecule has 0 aromatic heterocycles. The number of amides is 1. The Balaban J connectivity index is 1.90. The van der Waals surface area contributed by atoms with Gasteiger partial charge in [-0.2, -0.15) is 0 Å². The molecule has 0 fully saturated rings. The van der Waals surface area contributed by atoms with E-state index in [9.17, 15) is 13.2 Å². The Kier molecular flexibility index (Phi) is 8.89. The lowest BCUT2D eigenvalue weighted by atomic mass is 10.2. The Morgan fingerprint density at radius 2 is 1.72 bits per heavy atom. The molecule has 0 unspecified atom stereocenters. The molecule has 0 saturated carbocycles. The van der Waals surface area contributed by atoms with Crippen LogP contribution in [0.2, 0.25) is 0 Å². The number of sulfonamides is 1. The van der Waals surface area contributed by atoms with Gasteiger partial charge in [-0.1, -0.05) is 32.3 Å². The summed E-state index contributed by atoms with van der Waals surface area (Å²) in [5.41, 5.74) is 1.00. The van der Waals surface area contributed by atoms with Gasteiger partial charge in [-0.05, 0) is 55.0 Å². The van der Waals surface area contributed by atoms with Gasteiger partial charge in [0.2, 0.25) is 10.0 Å². The Hall–Kier alpha value is -2.64. The van der Waals surface area contributed by atoms with Crippen molar-refractivity contribution in [1.82, 2.24) is 4.72 Å². The van der Waals surface area contributed by atoms with Gasteiger partial charge in [0.15, 0.2) is 0 Å². The monoisotopic (exact) mass is 416 g/mol. The average Bonchev–Trinajstić information content (AvgIpc) is 2.73. The smallest absolute Gasteiger partial charge is 0.255 e. The van der Waals surface area contributed by atoms with Crippen molar-refractivity contribution in [1.29, 1.82) is 0 Å². The third-order valence-corrected chi connectivity index (χ3v) is 5.66. The number of unbranched alkanes of at least 4 members (excludes halogenated alkanes) is 3. The molecule has 2 rings (SSSR count). The molecule has 0 bridgehead atoms. The maximum atomic E-state index is 12.4. The largest absolute Gasteiger partial charge is 0.494 e. The number of anilines is 1. The van der Waals surface area contributed by atoms with Crippen LogP contribution in [-0.2, 0) is 10.0 Å². The summed E-state index contributed by atoms with van der Waals surface area (Å²) in [6.07, 6.45) is 6.04. The Labute approximate surface area is 173 Å². The number of benzene rings is 2. The summed E-state index contributed by atoms with van der Waals surface area (Å²) in [6, 6.07) is 12.9. The molecule has 0 aliphatic carbocycles. The van der Waals surface area contributed by atoms with Crippen LogP contribution in [0.15, 0.2) is 66.1 Å². The number of ether oxygens (including phenoxy) is 1. The summed E-state index contributed by atoms with van der Waals surface area (Å²) < 4.78 is 32.2. The van der Waals surface area contributed by atoms with Crippen LogP contribution in [0, 0.1) is 0 Å². The fourth-order valence-electron chi connectivity index (χ4n) is 2.59. The maximum absolute atomic E-state index is 12.4. The molecule has 0 aliphatic heterocycles. The summed E-state index contributed by atoms with van der Waals surface area (Å²) in [5, 5.41) is 2.75. The van der Waals surface area contributed by atoms with Gasteiger partial charge < -0.3 is 10.1 Å². The number of hydrogen-bond donors (Lipinski definition) is 2. The van der Waals surface area contributed by atoms with Crippen LogP contribution in [0.4, 0.5) is 5.69 Å². The second-order valence-corrected chi connectivity index (χ2v) is 8.32. The first-order valence-corrected chi connectivity index (χ1v) is 11.2. The number of rotatable bonds is 12. The van der Waals surface area contributed by atoms with Crippen molar-refractivity contribution < 1.29 is 17.9 Å². The lowest BCUT2D eigenvalue weighted by Crippen LogP contribution is -2.23. The molecule has 2 aromatic rings. The van der Waals surface area contributed by atoms with E-state index in [4.69, 9.17) is 4.74 Å². The molecule has 0 spiro atoms. The van der Waals surface area contributed by atoms with Gasteiger partial charge in [0, 0.05) is 17.8 Å². The number of carbonyl (C=O) groups is 1. The van der Waals surface area contributed by atoms with E-state index in [1.807, 2.05) is 0 Å². The van der Waals surface area contributed by atoms with E-state index < -0.39 is 10.0 Å². The van der Waals surface area contributed by atoms with Crippen LogP contribution < -0.4 is 14.8 Å². The first-order chi connectivity index (χ1) is 14.0. The van der Waals surface area contributed by atoms with Gasteiger partial charge in [0.05, 0.1) is 11.5 Å². The van der Waals surface area contributed by atoms with Crippen LogP contribution in [0.3, 0.4) is 0 Å². The van der Waals surface area contributed by atoms with Gasteiger partial charge >= 0.3 is 0 Å². The van der Waals surface area contributed by atoms with Gasteiger partial charge in [0.1, 0.15) is 5.75 Å². The first-order valence-electron chi connectivity index (χ1n) is 9.71. The van der Waals surface area contributed by atoms with Crippen LogP contribution in [0.25, 0.3) is 0 Å². The second kappa shape index (κ2) is 11.4. The molecular formula is C22H28N2O4S. The molecule has 0 radical (unpaired) electrons. The average molecular weight is 417 g/mol. The Bertz CT molecular complexity index is 891. The van der Waals surface area contributed by atoms with E-state index in [2.05, 4.69) is 23.5 Å². The molecule has 7 heteroatoms. The highest BCUT2D eigenvalue weighted by Gasteiger charge is 2.13. The number of hydrogen-bond acceptors (Lipinski definition) is 4. The summed E-state index contributed by atoms with van der Waals surface area (Å²) in [6.45, 7) is 6.47. The van der Waals surface area contributed by atoms with E-state index in [0.717, 1.165) is 18.6 Å². The highest BCUT2D eigenvalue weighted by Crippen LogP contribution is 2.17. The molecule has 1 amide bonds. The Morgan fingerprint density at radius 3 is 2.34 bits per heavy atom. The van der Waals surface area contributed by atoms with Crippen LogP contribution in [-0.4, -0.2) is 27.5 Å². The van der Waals surface area contributed by atoms with Crippen molar-refractivity contribution in [3.05, 3.63) is 66.7 Å². The molecule has 0 aliphatic rings. The summed E-state index contributed by atoms with van der Waals surface area (Å²) >= 11 is 0. The van der Waals surface area contributed by atoms with E-state index in [-0.39, 0.29) is 17.3 Å². The van der Waals surface area contributed by atoms with Crippen molar-refractivity contribution >= 4 is 21.6 Å². The SMILES string of the molecule is C=CCNS(=O)(=O)c1ccc(NC(=O)c2ccc(OCCCCCC)cc2)cc1. The quantitative estimate of drug-likeness (QED) is 0.398. The van der Waals surface area contributed by atoms with Gasteiger partial charge in [-0.25, -0.2) is 13.1 Å². The molecule has 0 saturated heterocycles. The summed E-state index contributed by atoms with van der Waals surface area (Å²) in [4.78, 5) is 12.5. The minimum atomic E-state index is -3.59. The normalized spacial score (nSPS) is 11.1. The third kappa shape index (κ3) is 7.36. The maximum Gasteiger partial charge on any atom is 0.255 e.